The molecule has 17 heavy (non-hydrogen) atoms. The lowest BCUT2D eigenvalue weighted by Crippen LogP contribution is -2.28. The van der Waals surface area contributed by atoms with Crippen molar-refractivity contribution in [3.05, 3.63) is 35.7 Å². The summed E-state index contributed by atoms with van der Waals surface area (Å²) in [5, 5.41) is 9.89. The first-order chi connectivity index (χ1) is 8.22. The normalized spacial score (nSPS) is 21.5. The van der Waals surface area contributed by atoms with Gasteiger partial charge in [0, 0.05) is 13.1 Å². The van der Waals surface area contributed by atoms with Crippen molar-refractivity contribution in [3.63, 3.8) is 0 Å². The lowest BCUT2D eigenvalue weighted by atomic mass is 10.0. The van der Waals surface area contributed by atoms with E-state index in [9.17, 15) is 5.21 Å². The molecule has 0 aliphatic carbocycles. The average Bonchev–Trinajstić information content (AvgIpc) is 2.68. The standard InChI is InChI=1S/C12H19N3OS/c1-3-4-7-11-12(15(16)17-13-11)10-6-5-8-14(2)9-10/h3,6,13,16H,1,4-5,7-9H2,2H3. The summed E-state index contributed by atoms with van der Waals surface area (Å²) in [6.07, 6.45) is 6.98. The fourth-order valence-electron chi connectivity index (χ4n) is 2.11. The first kappa shape index (κ1) is 12.5. The second kappa shape index (κ2) is 5.62. The summed E-state index contributed by atoms with van der Waals surface area (Å²) in [4.78, 5) is 2.27. The Kier molecular flexibility index (Phi) is 4.15. The summed E-state index contributed by atoms with van der Waals surface area (Å²) in [5.41, 5.74) is 3.24. The van der Waals surface area contributed by atoms with Gasteiger partial charge < -0.3 is 9.62 Å². The molecule has 2 rings (SSSR count). The molecule has 0 unspecified atom stereocenters. The minimum Gasteiger partial charge on any atom is -0.312 e. The predicted molar refractivity (Wildman–Crippen MR) is 71.0 cm³/mol. The van der Waals surface area contributed by atoms with Gasteiger partial charge in [0.15, 0.2) is 0 Å². The van der Waals surface area contributed by atoms with Crippen LogP contribution in [-0.2, 0) is 0 Å². The van der Waals surface area contributed by atoms with Crippen LogP contribution in [0, 0.1) is 0 Å². The maximum Gasteiger partial charge on any atom is 0.102 e. The van der Waals surface area contributed by atoms with Gasteiger partial charge in [-0.15, -0.1) is 6.58 Å². The molecule has 2 heterocycles. The van der Waals surface area contributed by atoms with Crippen molar-refractivity contribution in [2.45, 2.75) is 19.3 Å². The second-order valence-corrected chi connectivity index (χ2v) is 5.11. The monoisotopic (exact) mass is 253 g/mol. The predicted octanol–water partition coefficient (Wildman–Crippen LogP) is 2.28. The minimum absolute atomic E-state index is 0.893. The first-order valence-electron chi connectivity index (χ1n) is 5.86. The van der Waals surface area contributed by atoms with E-state index in [-0.39, 0.29) is 0 Å². The largest absolute Gasteiger partial charge is 0.312 e. The molecule has 0 aromatic rings. The Labute approximate surface area is 107 Å². The van der Waals surface area contributed by atoms with E-state index < -0.39 is 0 Å². The number of rotatable bonds is 4. The molecule has 4 nitrogen and oxygen atoms in total. The number of nitrogens with one attached hydrogen (secondary N) is 1. The fourth-order valence-corrected chi connectivity index (χ4v) is 2.82. The van der Waals surface area contributed by atoms with Crippen LogP contribution in [0.2, 0.25) is 0 Å². The van der Waals surface area contributed by atoms with E-state index in [1.807, 2.05) is 6.08 Å². The van der Waals surface area contributed by atoms with Gasteiger partial charge in [0.2, 0.25) is 0 Å². The topological polar surface area (TPSA) is 38.7 Å². The molecule has 0 aromatic carbocycles. The van der Waals surface area contributed by atoms with Crippen LogP contribution < -0.4 is 4.72 Å². The highest BCUT2D eigenvalue weighted by Crippen LogP contribution is 2.33. The SMILES string of the molecule is C=CCCC1=C(C2=CCCN(C)C2)N(O)SN1. The van der Waals surface area contributed by atoms with Crippen LogP contribution in [0.15, 0.2) is 35.7 Å². The smallest absolute Gasteiger partial charge is 0.102 e. The highest BCUT2D eigenvalue weighted by molar-refractivity contribution is 7.95. The van der Waals surface area contributed by atoms with Crippen molar-refractivity contribution >= 4 is 12.1 Å². The summed E-state index contributed by atoms with van der Waals surface area (Å²) in [5.74, 6) is 0. The fraction of sp³-hybridized carbons (Fsp3) is 0.500. The van der Waals surface area contributed by atoms with Gasteiger partial charge in [0.25, 0.3) is 0 Å². The van der Waals surface area contributed by atoms with Crippen LogP contribution >= 0.6 is 12.1 Å². The van der Waals surface area contributed by atoms with E-state index >= 15 is 0 Å². The average molecular weight is 253 g/mol. The van der Waals surface area contributed by atoms with Gasteiger partial charge in [0.05, 0.1) is 17.8 Å². The zero-order valence-electron chi connectivity index (χ0n) is 10.1. The van der Waals surface area contributed by atoms with Gasteiger partial charge in [-0.1, -0.05) is 12.2 Å². The van der Waals surface area contributed by atoms with Crippen molar-refractivity contribution in [2.24, 2.45) is 0 Å². The molecule has 0 radical (unpaired) electrons. The van der Waals surface area contributed by atoms with Crippen molar-refractivity contribution in [1.29, 1.82) is 0 Å². The van der Waals surface area contributed by atoms with Crippen molar-refractivity contribution in [3.8, 4) is 0 Å². The molecule has 0 saturated carbocycles. The van der Waals surface area contributed by atoms with Crippen molar-refractivity contribution < 1.29 is 5.21 Å². The van der Waals surface area contributed by atoms with Crippen LogP contribution in [0.4, 0.5) is 0 Å². The number of hydroxylamine groups is 1. The summed E-state index contributed by atoms with van der Waals surface area (Å²) >= 11 is 1.23. The lowest BCUT2D eigenvalue weighted by Gasteiger charge is -2.25. The summed E-state index contributed by atoms with van der Waals surface area (Å²) in [7, 11) is 2.11. The van der Waals surface area contributed by atoms with E-state index in [4.69, 9.17) is 0 Å². The maximum absolute atomic E-state index is 9.89. The Hall–Kier alpha value is -0.910. The highest BCUT2D eigenvalue weighted by atomic mass is 32.2. The molecular formula is C12H19N3OS. The van der Waals surface area contributed by atoms with E-state index in [0.29, 0.717) is 0 Å². The molecule has 0 amide bonds. The van der Waals surface area contributed by atoms with Crippen molar-refractivity contribution in [2.75, 3.05) is 20.1 Å². The van der Waals surface area contributed by atoms with Gasteiger partial charge in [-0.25, -0.2) is 0 Å². The number of likely N-dealkylation sites (N-methyl/N-ethyl adjacent to an activating group) is 1. The molecule has 0 spiro atoms. The Morgan fingerprint density at radius 2 is 2.47 bits per heavy atom. The van der Waals surface area contributed by atoms with E-state index in [1.54, 1.807) is 0 Å². The van der Waals surface area contributed by atoms with Crippen LogP contribution in [0.3, 0.4) is 0 Å². The van der Waals surface area contributed by atoms with E-state index in [0.717, 1.165) is 43.7 Å². The van der Waals surface area contributed by atoms with Crippen molar-refractivity contribution in [1.82, 2.24) is 14.1 Å². The zero-order valence-corrected chi connectivity index (χ0v) is 11.0. The molecule has 0 saturated heterocycles. The zero-order chi connectivity index (χ0) is 12.3. The Morgan fingerprint density at radius 1 is 1.65 bits per heavy atom. The Bertz CT molecular complexity index is 365. The minimum atomic E-state index is 0.893. The third-order valence-electron chi connectivity index (χ3n) is 2.98. The van der Waals surface area contributed by atoms with Gasteiger partial charge in [0.1, 0.15) is 5.70 Å². The quantitative estimate of drug-likeness (QED) is 0.594. The highest BCUT2D eigenvalue weighted by Gasteiger charge is 2.26. The molecule has 5 heteroatoms. The van der Waals surface area contributed by atoms with Crippen LogP contribution in [-0.4, -0.2) is 34.7 Å². The third-order valence-corrected chi connectivity index (χ3v) is 3.67. The molecule has 0 atom stereocenters. The number of hydrogen-bond acceptors (Lipinski definition) is 5. The third kappa shape index (κ3) is 2.86. The van der Waals surface area contributed by atoms with Crippen LogP contribution in [0.25, 0.3) is 0 Å². The van der Waals surface area contributed by atoms with E-state index in [2.05, 4.69) is 29.3 Å². The Morgan fingerprint density at radius 3 is 3.18 bits per heavy atom. The number of allylic oxidation sites excluding steroid dienone is 2. The van der Waals surface area contributed by atoms with E-state index in [1.165, 1.54) is 22.2 Å². The number of hydrogen-bond donors (Lipinski definition) is 2. The molecule has 2 aliphatic heterocycles. The molecule has 0 aromatic heterocycles. The van der Waals surface area contributed by atoms with Crippen LogP contribution in [0.5, 0.6) is 0 Å². The van der Waals surface area contributed by atoms with Gasteiger partial charge in [-0.05, 0) is 31.9 Å². The molecule has 0 fully saturated rings. The molecule has 94 valence electrons. The summed E-state index contributed by atoms with van der Waals surface area (Å²) < 4.78 is 4.41. The molecule has 2 N–H and O–H groups in total. The lowest BCUT2D eigenvalue weighted by molar-refractivity contribution is 0.0573. The Balaban J connectivity index is 2.19. The molecule has 0 bridgehead atoms. The van der Waals surface area contributed by atoms with Crippen LogP contribution in [0.1, 0.15) is 19.3 Å². The molecular weight excluding hydrogens is 234 g/mol. The van der Waals surface area contributed by atoms with Gasteiger partial charge >= 0.3 is 0 Å². The summed E-state index contributed by atoms with van der Waals surface area (Å²) in [6, 6.07) is 0. The van der Waals surface area contributed by atoms with Gasteiger partial charge in [-0.2, -0.15) is 4.47 Å². The van der Waals surface area contributed by atoms with Gasteiger partial charge in [-0.3, -0.25) is 5.21 Å². The summed E-state index contributed by atoms with van der Waals surface area (Å²) in [6.45, 7) is 5.72. The number of nitrogens with zero attached hydrogens (tertiary/aromatic N) is 2. The first-order valence-corrected chi connectivity index (χ1v) is 6.63. The second-order valence-electron chi connectivity index (χ2n) is 4.38. The molecule has 2 aliphatic rings. The maximum atomic E-state index is 9.89.